The van der Waals surface area contributed by atoms with E-state index in [1.807, 2.05) is 103 Å². The van der Waals surface area contributed by atoms with Gasteiger partial charge in [0.15, 0.2) is 5.60 Å². The second kappa shape index (κ2) is 10.4. The molecule has 1 atom stereocenters. The van der Waals surface area contributed by atoms with Gasteiger partial charge in [-0.15, -0.1) is 11.3 Å². The lowest BCUT2D eigenvalue weighted by molar-refractivity contribution is 0.103. The predicted molar refractivity (Wildman–Crippen MR) is 161 cm³/mol. The van der Waals surface area contributed by atoms with E-state index in [0.717, 1.165) is 27.6 Å². The number of carbonyl (C=O) groups is 1. The maximum atomic E-state index is 12.8. The van der Waals surface area contributed by atoms with Gasteiger partial charge in [0.25, 0.3) is 5.91 Å². The fourth-order valence-electron chi connectivity index (χ4n) is 4.96. The summed E-state index contributed by atoms with van der Waals surface area (Å²) < 4.78 is 1.82. The van der Waals surface area contributed by atoms with E-state index in [9.17, 15) is 9.90 Å². The Hall–Kier alpha value is -4.30. The summed E-state index contributed by atoms with van der Waals surface area (Å²) in [6.45, 7) is 2.01. The van der Waals surface area contributed by atoms with Gasteiger partial charge in [0.2, 0.25) is 0 Å². The number of anilines is 1. The molecule has 3 heterocycles. The van der Waals surface area contributed by atoms with Crippen LogP contribution in [-0.2, 0) is 12.6 Å². The summed E-state index contributed by atoms with van der Waals surface area (Å²) in [4.78, 5) is 22.5. The minimum Gasteiger partial charge on any atom is -0.374 e. The number of aliphatic hydroxyl groups is 1. The third kappa shape index (κ3) is 4.69. The van der Waals surface area contributed by atoms with Crippen molar-refractivity contribution in [2.24, 2.45) is 7.05 Å². The number of fused-ring (bicyclic) bond motifs is 1. The van der Waals surface area contributed by atoms with Crippen molar-refractivity contribution >= 4 is 45.6 Å². The molecule has 0 saturated carbocycles. The summed E-state index contributed by atoms with van der Waals surface area (Å²) in [5.41, 5.74) is 3.98. The van der Waals surface area contributed by atoms with Gasteiger partial charge in [-0.25, -0.2) is 9.97 Å². The zero-order chi connectivity index (χ0) is 27.9. The van der Waals surface area contributed by atoms with Gasteiger partial charge in [-0.2, -0.15) is 0 Å². The highest BCUT2D eigenvalue weighted by Crippen LogP contribution is 2.40. The van der Waals surface area contributed by atoms with Crippen molar-refractivity contribution in [1.29, 1.82) is 0 Å². The fourth-order valence-corrected chi connectivity index (χ4v) is 5.77. The molecule has 0 saturated heterocycles. The predicted octanol–water partition coefficient (Wildman–Crippen LogP) is 7.20. The van der Waals surface area contributed by atoms with E-state index >= 15 is 0 Å². The molecule has 6 nitrogen and oxygen atoms in total. The Balaban J connectivity index is 1.56. The molecule has 0 aliphatic carbocycles. The molecule has 198 valence electrons. The normalized spacial score (nSPS) is 12.8. The number of aryl methyl sites for hydroxylation is 2. The molecule has 6 rings (SSSR count). The number of benzene rings is 3. The molecule has 0 fully saturated rings. The second-order valence-corrected chi connectivity index (χ2v) is 11.1. The fraction of sp³-hybridized carbons (Fsp3) is 0.0938. The number of rotatable bonds is 6. The van der Waals surface area contributed by atoms with Crippen molar-refractivity contribution in [3.8, 4) is 11.1 Å². The van der Waals surface area contributed by atoms with E-state index in [1.54, 1.807) is 18.6 Å². The summed E-state index contributed by atoms with van der Waals surface area (Å²) in [6, 6.07) is 26.5. The van der Waals surface area contributed by atoms with Crippen LogP contribution in [0.5, 0.6) is 0 Å². The van der Waals surface area contributed by atoms with E-state index in [-0.39, 0.29) is 5.91 Å². The minimum atomic E-state index is -1.48. The van der Waals surface area contributed by atoms with E-state index in [4.69, 9.17) is 16.6 Å². The number of thiophene rings is 1. The molecule has 2 N–H and O–H groups in total. The standard InChI is InChI=1S/C32H25ClN4O2S/c1-20-8-10-22(11-9-20)32(39,29-18-34-19-37(29)2)23-12-13-27-26(16-23)25(21-5-3-6-24(33)15-21)17-30(35-27)36-31(38)28-7-4-14-40-28/h3-19,39H,1-2H3,(H,35,36,38). The Kier molecular flexibility index (Phi) is 6.72. The van der Waals surface area contributed by atoms with Crippen LogP contribution in [0.4, 0.5) is 5.82 Å². The van der Waals surface area contributed by atoms with Crippen LogP contribution < -0.4 is 5.32 Å². The molecule has 3 aromatic heterocycles. The Morgan fingerprint density at radius 1 is 1.00 bits per heavy atom. The molecule has 6 aromatic rings. The van der Waals surface area contributed by atoms with Crippen LogP contribution in [0, 0.1) is 6.92 Å². The second-order valence-electron chi connectivity index (χ2n) is 9.69. The van der Waals surface area contributed by atoms with Crippen LogP contribution in [0.1, 0.15) is 32.1 Å². The topological polar surface area (TPSA) is 80.0 Å². The average Bonchev–Trinajstić information content (AvgIpc) is 3.65. The van der Waals surface area contributed by atoms with E-state index in [2.05, 4.69) is 10.3 Å². The van der Waals surface area contributed by atoms with Crippen LogP contribution in [-0.4, -0.2) is 25.5 Å². The smallest absolute Gasteiger partial charge is 0.266 e. The highest BCUT2D eigenvalue weighted by Gasteiger charge is 2.37. The zero-order valence-corrected chi connectivity index (χ0v) is 23.4. The number of pyridine rings is 1. The number of nitrogens with one attached hydrogen (secondary N) is 1. The van der Waals surface area contributed by atoms with Crippen LogP contribution in [0.3, 0.4) is 0 Å². The Bertz CT molecular complexity index is 1850. The first-order chi connectivity index (χ1) is 19.3. The van der Waals surface area contributed by atoms with Crippen LogP contribution in [0.2, 0.25) is 5.02 Å². The maximum absolute atomic E-state index is 12.8. The molecule has 0 aliphatic heterocycles. The molecular weight excluding hydrogens is 540 g/mol. The summed E-state index contributed by atoms with van der Waals surface area (Å²) >= 11 is 7.75. The largest absolute Gasteiger partial charge is 0.374 e. The minimum absolute atomic E-state index is 0.222. The van der Waals surface area contributed by atoms with Crippen molar-refractivity contribution in [1.82, 2.24) is 14.5 Å². The molecule has 40 heavy (non-hydrogen) atoms. The summed E-state index contributed by atoms with van der Waals surface area (Å²) in [5, 5.41) is 18.7. The highest BCUT2D eigenvalue weighted by atomic mass is 35.5. The molecule has 0 spiro atoms. The van der Waals surface area contributed by atoms with E-state index in [1.165, 1.54) is 11.3 Å². The van der Waals surface area contributed by atoms with Crippen molar-refractivity contribution in [2.75, 3.05) is 5.32 Å². The first-order valence-corrected chi connectivity index (χ1v) is 13.9. The first kappa shape index (κ1) is 26.0. The first-order valence-electron chi connectivity index (χ1n) is 12.7. The van der Waals surface area contributed by atoms with Gasteiger partial charge < -0.3 is 15.0 Å². The molecule has 0 radical (unpaired) electrons. The molecule has 0 aliphatic rings. The van der Waals surface area contributed by atoms with Crippen LogP contribution >= 0.6 is 22.9 Å². The monoisotopic (exact) mass is 564 g/mol. The number of hydrogen-bond donors (Lipinski definition) is 2. The lowest BCUT2D eigenvalue weighted by Gasteiger charge is -2.30. The van der Waals surface area contributed by atoms with Gasteiger partial charge in [-0.3, -0.25) is 4.79 Å². The number of amides is 1. The lowest BCUT2D eigenvalue weighted by Crippen LogP contribution is -2.31. The van der Waals surface area contributed by atoms with Gasteiger partial charge >= 0.3 is 0 Å². The molecule has 8 heteroatoms. The molecular formula is C32H25ClN4O2S. The van der Waals surface area contributed by atoms with Gasteiger partial charge in [0.05, 0.1) is 28.6 Å². The maximum Gasteiger partial charge on any atom is 0.266 e. The van der Waals surface area contributed by atoms with Gasteiger partial charge in [0.1, 0.15) is 5.82 Å². The van der Waals surface area contributed by atoms with E-state index in [0.29, 0.717) is 32.5 Å². The number of aromatic nitrogens is 3. The molecule has 0 bridgehead atoms. The van der Waals surface area contributed by atoms with Crippen LogP contribution in [0.15, 0.2) is 103 Å². The SMILES string of the molecule is Cc1ccc(C(O)(c2ccc3nc(NC(=O)c4cccs4)cc(-c4cccc(Cl)c4)c3c2)c2cncn2C)cc1. The van der Waals surface area contributed by atoms with Gasteiger partial charge in [0, 0.05) is 17.5 Å². The van der Waals surface area contributed by atoms with Crippen molar-refractivity contribution in [3.63, 3.8) is 0 Å². The number of carbonyl (C=O) groups excluding carboxylic acids is 1. The van der Waals surface area contributed by atoms with Crippen LogP contribution in [0.25, 0.3) is 22.0 Å². The lowest BCUT2D eigenvalue weighted by atomic mass is 9.82. The summed E-state index contributed by atoms with van der Waals surface area (Å²) in [6.07, 6.45) is 3.36. The van der Waals surface area contributed by atoms with Gasteiger partial charge in [-0.05, 0) is 71.0 Å². The average molecular weight is 565 g/mol. The highest BCUT2D eigenvalue weighted by molar-refractivity contribution is 7.12. The van der Waals surface area contributed by atoms with Crippen molar-refractivity contribution in [3.05, 3.63) is 135 Å². The summed E-state index contributed by atoms with van der Waals surface area (Å²) in [7, 11) is 1.87. The van der Waals surface area contributed by atoms with E-state index < -0.39 is 5.60 Å². The molecule has 1 unspecified atom stereocenters. The summed E-state index contributed by atoms with van der Waals surface area (Å²) in [5.74, 6) is 0.203. The number of hydrogen-bond acceptors (Lipinski definition) is 5. The Morgan fingerprint density at radius 3 is 2.50 bits per heavy atom. The Morgan fingerprint density at radius 2 is 1.80 bits per heavy atom. The zero-order valence-electron chi connectivity index (χ0n) is 21.8. The third-order valence-electron chi connectivity index (χ3n) is 7.01. The van der Waals surface area contributed by atoms with Gasteiger partial charge in [-0.1, -0.05) is 65.7 Å². The Labute approximate surface area is 240 Å². The number of halogens is 1. The number of imidazole rings is 1. The number of nitrogens with zero attached hydrogens (tertiary/aromatic N) is 3. The quantitative estimate of drug-likeness (QED) is 0.224. The third-order valence-corrected chi connectivity index (χ3v) is 8.11. The molecule has 3 aromatic carbocycles. The molecule has 1 amide bonds. The van der Waals surface area contributed by atoms with Crippen molar-refractivity contribution < 1.29 is 9.90 Å². The van der Waals surface area contributed by atoms with Crippen molar-refractivity contribution in [2.45, 2.75) is 12.5 Å².